The van der Waals surface area contributed by atoms with Gasteiger partial charge >= 0.3 is 6.18 Å². The molecule has 0 aliphatic rings. The summed E-state index contributed by atoms with van der Waals surface area (Å²) in [5, 5.41) is 17.3. The zero-order valence-electron chi connectivity index (χ0n) is 22.8. The number of hydrogen-bond donors (Lipinski definition) is 2. The van der Waals surface area contributed by atoms with Crippen molar-refractivity contribution in [3.63, 3.8) is 0 Å². The highest BCUT2D eigenvalue weighted by molar-refractivity contribution is 6.11. The van der Waals surface area contributed by atoms with Crippen LogP contribution in [-0.4, -0.2) is 46.0 Å². The fourth-order valence-electron chi connectivity index (χ4n) is 4.26. The number of anilines is 2. The van der Waals surface area contributed by atoms with Crippen molar-refractivity contribution in [2.24, 2.45) is 14.1 Å². The number of fused-ring (bicyclic) bond motifs is 1. The predicted molar refractivity (Wildman–Crippen MR) is 145 cm³/mol. The molecule has 1 aromatic carbocycles. The van der Waals surface area contributed by atoms with Gasteiger partial charge in [0.1, 0.15) is 5.69 Å². The van der Waals surface area contributed by atoms with E-state index in [-0.39, 0.29) is 34.3 Å². The van der Waals surface area contributed by atoms with E-state index < -0.39 is 23.7 Å². The van der Waals surface area contributed by atoms with Crippen LogP contribution in [0.15, 0.2) is 48.8 Å². The minimum absolute atomic E-state index is 0.0200. The Morgan fingerprint density at radius 1 is 0.902 bits per heavy atom. The first kappa shape index (κ1) is 27.6. The fraction of sp³-hybridized carbons (Fsp3) is 0.259. The topological polar surface area (TPSA) is 124 Å². The molecule has 2 N–H and O–H groups in total. The second-order valence-corrected chi connectivity index (χ2v) is 9.81. The molecule has 14 heteroatoms. The monoisotopic (exact) mass is 565 g/mol. The molecule has 0 saturated carbocycles. The Balaban J connectivity index is 1.47. The van der Waals surface area contributed by atoms with Crippen molar-refractivity contribution in [3.8, 4) is 11.3 Å². The standard InChI is InChI=1S/C27H26F3N9O2/c1-14(2)16-6-8-17(9-7-16)18-10-22(27(28,29)30)39-23(33-18)11-19(36-39)25(40)35-21-13-32-38(5)24(21)26(41)34-20-12-31-37(4)15(20)3/h6-14H,1-5H3,(H,34,41)(H,35,40). The molecule has 212 valence electrons. The highest BCUT2D eigenvalue weighted by atomic mass is 19.4. The molecule has 0 bridgehead atoms. The molecule has 0 saturated heterocycles. The third-order valence-corrected chi connectivity index (χ3v) is 6.71. The Hall–Kier alpha value is -5.01. The molecule has 0 spiro atoms. The molecule has 11 nitrogen and oxygen atoms in total. The maximum absolute atomic E-state index is 14.0. The number of amides is 2. The average molecular weight is 566 g/mol. The Morgan fingerprint density at radius 2 is 1.54 bits per heavy atom. The van der Waals surface area contributed by atoms with Crippen LogP contribution >= 0.6 is 0 Å². The van der Waals surface area contributed by atoms with Gasteiger partial charge in [-0.05, 0) is 24.5 Å². The van der Waals surface area contributed by atoms with Gasteiger partial charge in [-0.25, -0.2) is 9.50 Å². The third kappa shape index (κ3) is 5.27. The molecule has 5 aromatic rings. The van der Waals surface area contributed by atoms with Gasteiger partial charge in [0.15, 0.2) is 17.0 Å². The van der Waals surface area contributed by atoms with Crippen molar-refractivity contribution in [1.29, 1.82) is 0 Å². The third-order valence-electron chi connectivity index (χ3n) is 6.71. The summed E-state index contributed by atoms with van der Waals surface area (Å²) in [6.45, 7) is 5.80. The van der Waals surface area contributed by atoms with Gasteiger partial charge in [-0.1, -0.05) is 38.1 Å². The van der Waals surface area contributed by atoms with Crippen molar-refractivity contribution in [3.05, 3.63) is 77.1 Å². The first-order chi connectivity index (χ1) is 19.3. The number of aryl methyl sites for hydroxylation is 2. The number of halogens is 3. The zero-order chi connectivity index (χ0) is 29.6. The van der Waals surface area contributed by atoms with E-state index in [1.807, 2.05) is 26.0 Å². The van der Waals surface area contributed by atoms with Crippen LogP contribution < -0.4 is 10.6 Å². The lowest BCUT2D eigenvalue weighted by atomic mass is 10.0. The van der Waals surface area contributed by atoms with Crippen molar-refractivity contribution in [1.82, 2.24) is 34.2 Å². The van der Waals surface area contributed by atoms with Crippen LogP contribution in [0.3, 0.4) is 0 Å². The number of carbonyl (C=O) groups excluding carboxylic acids is 2. The summed E-state index contributed by atoms with van der Waals surface area (Å²) in [6.07, 6.45) is -2.03. The lowest BCUT2D eigenvalue weighted by molar-refractivity contribution is -0.142. The average Bonchev–Trinajstić information content (AvgIpc) is 3.60. The van der Waals surface area contributed by atoms with Crippen molar-refractivity contribution in [2.75, 3.05) is 10.6 Å². The molecule has 0 aliphatic carbocycles. The Kier molecular flexibility index (Phi) is 6.85. The van der Waals surface area contributed by atoms with Crippen molar-refractivity contribution < 1.29 is 22.8 Å². The van der Waals surface area contributed by atoms with Gasteiger partial charge in [-0.15, -0.1) is 0 Å². The zero-order valence-corrected chi connectivity index (χ0v) is 22.8. The lowest BCUT2D eigenvalue weighted by Crippen LogP contribution is -2.21. The summed E-state index contributed by atoms with van der Waals surface area (Å²) in [7, 11) is 3.24. The molecule has 0 aliphatic heterocycles. The largest absolute Gasteiger partial charge is 0.433 e. The van der Waals surface area contributed by atoms with Crippen LogP contribution in [0.5, 0.6) is 0 Å². The summed E-state index contributed by atoms with van der Waals surface area (Å²) >= 11 is 0. The normalized spacial score (nSPS) is 11.8. The van der Waals surface area contributed by atoms with E-state index in [9.17, 15) is 22.8 Å². The number of nitrogens with one attached hydrogen (secondary N) is 2. The van der Waals surface area contributed by atoms with Crippen molar-refractivity contribution in [2.45, 2.75) is 32.9 Å². The second kappa shape index (κ2) is 10.2. The van der Waals surface area contributed by atoms with E-state index >= 15 is 0 Å². The maximum atomic E-state index is 14.0. The fourth-order valence-corrected chi connectivity index (χ4v) is 4.26. The van der Waals surface area contributed by atoms with E-state index in [0.717, 1.165) is 17.7 Å². The Morgan fingerprint density at radius 3 is 2.15 bits per heavy atom. The van der Waals surface area contributed by atoms with E-state index in [1.165, 1.54) is 24.1 Å². The van der Waals surface area contributed by atoms with E-state index in [0.29, 0.717) is 21.5 Å². The number of benzene rings is 1. The van der Waals surface area contributed by atoms with Gasteiger partial charge in [0.25, 0.3) is 11.8 Å². The molecular formula is C27H26F3N9O2. The van der Waals surface area contributed by atoms with E-state index in [2.05, 4.69) is 30.9 Å². The van der Waals surface area contributed by atoms with Gasteiger partial charge in [0, 0.05) is 25.7 Å². The highest BCUT2D eigenvalue weighted by Crippen LogP contribution is 2.33. The molecule has 4 heterocycles. The van der Waals surface area contributed by atoms with Gasteiger partial charge in [0.05, 0.1) is 35.2 Å². The van der Waals surface area contributed by atoms with Crippen LogP contribution in [0, 0.1) is 6.92 Å². The second-order valence-electron chi connectivity index (χ2n) is 9.81. The van der Waals surface area contributed by atoms with Crippen LogP contribution in [0.1, 0.15) is 57.7 Å². The van der Waals surface area contributed by atoms with Crippen LogP contribution in [0.4, 0.5) is 24.5 Å². The molecule has 4 aromatic heterocycles. The Bertz CT molecular complexity index is 1780. The molecule has 0 fully saturated rings. The minimum atomic E-state index is -4.77. The molecule has 41 heavy (non-hydrogen) atoms. The van der Waals surface area contributed by atoms with Crippen LogP contribution in [0.25, 0.3) is 16.9 Å². The molecule has 0 atom stereocenters. The quantitative estimate of drug-likeness (QED) is 0.304. The SMILES string of the molecule is Cc1c(NC(=O)c2c(NC(=O)c3cc4nc(-c5ccc(C(C)C)cc5)cc(C(F)(F)F)n4n3)cnn2C)cnn1C. The minimum Gasteiger partial charge on any atom is -0.318 e. The molecule has 0 unspecified atom stereocenters. The molecule has 5 rings (SSSR count). The summed E-state index contributed by atoms with van der Waals surface area (Å²) < 4.78 is 45.6. The number of aromatic nitrogens is 7. The van der Waals surface area contributed by atoms with Crippen molar-refractivity contribution >= 4 is 28.8 Å². The summed E-state index contributed by atoms with van der Waals surface area (Å²) in [4.78, 5) is 30.5. The molecule has 0 radical (unpaired) electrons. The molecular weight excluding hydrogens is 539 g/mol. The van der Waals surface area contributed by atoms with Crippen LogP contribution in [-0.2, 0) is 20.3 Å². The number of hydrogen-bond acceptors (Lipinski definition) is 6. The van der Waals surface area contributed by atoms with Crippen LogP contribution in [0.2, 0.25) is 0 Å². The van der Waals surface area contributed by atoms with Gasteiger partial charge in [-0.2, -0.15) is 28.5 Å². The number of nitrogens with zero attached hydrogens (tertiary/aromatic N) is 7. The van der Waals surface area contributed by atoms with Gasteiger partial charge in [-0.3, -0.25) is 19.0 Å². The van der Waals surface area contributed by atoms with Gasteiger partial charge < -0.3 is 10.6 Å². The van der Waals surface area contributed by atoms with Gasteiger partial charge in [0.2, 0.25) is 0 Å². The molecule has 2 amide bonds. The maximum Gasteiger partial charge on any atom is 0.433 e. The van der Waals surface area contributed by atoms with E-state index in [4.69, 9.17) is 0 Å². The number of alkyl halides is 3. The first-order valence-corrected chi connectivity index (χ1v) is 12.5. The predicted octanol–water partition coefficient (Wildman–Crippen LogP) is 4.82. The summed E-state index contributed by atoms with van der Waals surface area (Å²) in [5.74, 6) is -1.15. The van der Waals surface area contributed by atoms with E-state index in [1.54, 1.807) is 30.8 Å². The highest BCUT2D eigenvalue weighted by Gasteiger charge is 2.36. The summed E-state index contributed by atoms with van der Waals surface area (Å²) in [5.41, 5.74) is 1.28. The number of carbonyl (C=O) groups is 2. The smallest absolute Gasteiger partial charge is 0.318 e. The Labute approximate surface area is 232 Å². The first-order valence-electron chi connectivity index (χ1n) is 12.5. The summed E-state index contributed by atoms with van der Waals surface area (Å²) in [6, 6.07) is 9.15. The lowest BCUT2D eigenvalue weighted by Gasteiger charge is -2.12. The number of rotatable bonds is 6.